The third-order valence-electron chi connectivity index (χ3n) is 2.31. The lowest BCUT2D eigenvalue weighted by atomic mass is 10.4. The van der Waals surface area contributed by atoms with Crippen LogP contribution < -0.4 is 10.3 Å². The maximum absolute atomic E-state index is 11.9. The van der Waals surface area contributed by atoms with Gasteiger partial charge in [0, 0.05) is 10.8 Å². The molecule has 72 valence electrons. The zero-order valence-electron chi connectivity index (χ0n) is 7.56. The molecule has 0 spiro atoms. The zero-order chi connectivity index (χ0) is 9.71. The van der Waals surface area contributed by atoms with Crippen LogP contribution in [0.15, 0.2) is 15.6 Å². The van der Waals surface area contributed by atoms with Gasteiger partial charge >= 0.3 is 0 Å². The molecule has 0 N–H and O–H groups in total. The zero-order valence-corrected chi connectivity index (χ0v) is 8.37. The quantitative estimate of drug-likeness (QED) is 0.654. The van der Waals surface area contributed by atoms with Crippen molar-refractivity contribution in [3.05, 3.63) is 21.1 Å². The molecular formula is C9H8N2O2S. The van der Waals surface area contributed by atoms with Gasteiger partial charge in [-0.05, 0) is 6.92 Å². The Morgan fingerprint density at radius 3 is 3.36 bits per heavy atom. The van der Waals surface area contributed by atoms with Crippen LogP contribution in [0.25, 0.3) is 10.9 Å². The van der Waals surface area contributed by atoms with Gasteiger partial charge in [0.05, 0.1) is 17.4 Å². The molecule has 0 aromatic carbocycles. The van der Waals surface area contributed by atoms with E-state index in [1.807, 2.05) is 17.7 Å². The fourth-order valence-corrected chi connectivity index (χ4v) is 2.39. The first-order valence-electron chi connectivity index (χ1n) is 4.39. The second-order valence-electron chi connectivity index (χ2n) is 3.41. The molecule has 0 bridgehead atoms. The van der Waals surface area contributed by atoms with Crippen LogP contribution >= 0.6 is 11.3 Å². The van der Waals surface area contributed by atoms with Crippen LogP contribution in [0.2, 0.25) is 0 Å². The molecule has 0 saturated carbocycles. The fourth-order valence-electron chi connectivity index (χ4n) is 1.66. The van der Waals surface area contributed by atoms with Gasteiger partial charge in [-0.1, -0.05) is 0 Å². The molecule has 3 rings (SSSR count). The number of ether oxygens (including phenoxy) is 1. The van der Waals surface area contributed by atoms with Crippen molar-refractivity contribution >= 4 is 22.2 Å². The van der Waals surface area contributed by atoms with Gasteiger partial charge in [-0.2, -0.15) is 4.98 Å². The molecule has 0 radical (unpaired) electrons. The van der Waals surface area contributed by atoms with Crippen LogP contribution in [0, 0.1) is 0 Å². The maximum atomic E-state index is 11.9. The summed E-state index contributed by atoms with van der Waals surface area (Å²) < 4.78 is 7.02. The van der Waals surface area contributed by atoms with E-state index in [9.17, 15) is 4.79 Å². The van der Waals surface area contributed by atoms with Crippen LogP contribution in [-0.2, 0) is 6.54 Å². The monoisotopic (exact) mass is 208 g/mol. The molecule has 1 aliphatic rings. The van der Waals surface area contributed by atoms with E-state index in [0.717, 1.165) is 5.52 Å². The number of rotatable bonds is 0. The Morgan fingerprint density at radius 1 is 1.64 bits per heavy atom. The summed E-state index contributed by atoms with van der Waals surface area (Å²) in [5, 5.41) is 4.39. The Labute approximate surface area is 83.8 Å². The summed E-state index contributed by atoms with van der Waals surface area (Å²) in [5.41, 5.74) is 0.746. The Balaban J connectivity index is 2.41. The molecular weight excluding hydrogens is 200 g/mol. The van der Waals surface area contributed by atoms with Crippen molar-refractivity contribution in [2.24, 2.45) is 0 Å². The Hall–Kier alpha value is -1.36. The molecule has 2 aromatic heterocycles. The second kappa shape index (κ2) is 2.57. The Bertz CT molecular complexity index is 557. The summed E-state index contributed by atoms with van der Waals surface area (Å²) in [6.07, 6.45) is 0.0466. The molecule has 2 aromatic rings. The van der Waals surface area contributed by atoms with Crippen molar-refractivity contribution < 1.29 is 4.74 Å². The van der Waals surface area contributed by atoms with Crippen LogP contribution in [0.1, 0.15) is 6.92 Å². The largest absolute Gasteiger partial charge is 0.460 e. The van der Waals surface area contributed by atoms with Crippen molar-refractivity contribution in [2.75, 3.05) is 0 Å². The standard InChI is InChI=1S/C9H8N2O2S/c1-5-2-11-8(12)6-3-14-4-7(6)10-9(11)13-5/h3-5H,2H2,1H3. The summed E-state index contributed by atoms with van der Waals surface area (Å²) in [4.78, 5) is 16.2. The molecule has 3 heterocycles. The van der Waals surface area contributed by atoms with E-state index in [2.05, 4.69) is 4.98 Å². The first-order chi connectivity index (χ1) is 6.75. The highest BCUT2D eigenvalue weighted by Crippen LogP contribution is 2.21. The van der Waals surface area contributed by atoms with Gasteiger partial charge in [-0.15, -0.1) is 11.3 Å². The van der Waals surface area contributed by atoms with Crippen molar-refractivity contribution in [1.29, 1.82) is 0 Å². The number of thiophene rings is 1. The maximum Gasteiger partial charge on any atom is 0.300 e. The number of hydrogen-bond acceptors (Lipinski definition) is 4. The highest BCUT2D eigenvalue weighted by Gasteiger charge is 2.22. The van der Waals surface area contributed by atoms with E-state index >= 15 is 0 Å². The second-order valence-corrected chi connectivity index (χ2v) is 4.15. The van der Waals surface area contributed by atoms with Gasteiger partial charge in [0.1, 0.15) is 6.10 Å². The SMILES string of the molecule is CC1Cn2c(nc3cscc3c2=O)O1. The minimum absolute atomic E-state index is 0.00981. The Morgan fingerprint density at radius 2 is 2.50 bits per heavy atom. The number of fused-ring (bicyclic) bond motifs is 2. The third kappa shape index (κ3) is 0.928. The molecule has 0 amide bonds. The molecule has 0 saturated heterocycles. The molecule has 14 heavy (non-hydrogen) atoms. The van der Waals surface area contributed by atoms with E-state index in [0.29, 0.717) is 17.9 Å². The summed E-state index contributed by atoms with van der Waals surface area (Å²) >= 11 is 1.49. The summed E-state index contributed by atoms with van der Waals surface area (Å²) in [6, 6.07) is 0.452. The summed E-state index contributed by atoms with van der Waals surface area (Å²) in [7, 11) is 0. The molecule has 5 heteroatoms. The average Bonchev–Trinajstić information content (AvgIpc) is 2.71. The van der Waals surface area contributed by atoms with Crippen LogP contribution in [0.3, 0.4) is 0 Å². The van der Waals surface area contributed by atoms with Gasteiger partial charge in [0.25, 0.3) is 11.6 Å². The van der Waals surface area contributed by atoms with Crippen LogP contribution in [0.4, 0.5) is 0 Å². The van der Waals surface area contributed by atoms with E-state index in [1.54, 1.807) is 4.57 Å². The third-order valence-corrected chi connectivity index (χ3v) is 3.04. The van der Waals surface area contributed by atoms with Crippen LogP contribution in [0.5, 0.6) is 6.01 Å². The number of nitrogens with zero attached hydrogens (tertiary/aromatic N) is 2. The first kappa shape index (κ1) is 7.99. The van der Waals surface area contributed by atoms with Crippen LogP contribution in [-0.4, -0.2) is 15.7 Å². The molecule has 0 aliphatic carbocycles. The smallest absolute Gasteiger partial charge is 0.300 e. The van der Waals surface area contributed by atoms with Gasteiger partial charge in [0.15, 0.2) is 0 Å². The van der Waals surface area contributed by atoms with E-state index in [4.69, 9.17) is 4.74 Å². The van der Waals surface area contributed by atoms with Crippen molar-refractivity contribution in [3.8, 4) is 6.01 Å². The van der Waals surface area contributed by atoms with Crippen molar-refractivity contribution in [3.63, 3.8) is 0 Å². The van der Waals surface area contributed by atoms with Gasteiger partial charge in [0.2, 0.25) is 0 Å². The molecule has 1 aliphatic heterocycles. The summed E-state index contributed by atoms with van der Waals surface area (Å²) in [6.45, 7) is 2.54. The average molecular weight is 208 g/mol. The highest BCUT2D eigenvalue weighted by molar-refractivity contribution is 7.09. The normalized spacial score (nSPS) is 19.6. The molecule has 1 atom stereocenters. The van der Waals surface area contributed by atoms with Gasteiger partial charge in [-0.3, -0.25) is 9.36 Å². The van der Waals surface area contributed by atoms with E-state index in [-0.39, 0.29) is 11.7 Å². The van der Waals surface area contributed by atoms with E-state index < -0.39 is 0 Å². The number of aromatic nitrogens is 2. The fraction of sp³-hybridized carbons (Fsp3) is 0.333. The topological polar surface area (TPSA) is 44.1 Å². The van der Waals surface area contributed by atoms with Gasteiger partial charge in [-0.25, -0.2) is 0 Å². The van der Waals surface area contributed by atoms with Gasteiger partial charge < -0.3 is 4.74 Å². The number of hydrogen-bond donors (Lipinski definition) is 0. The highest BCUT2D eigenvalue weighted by atomic mass is 32.1. The Kier molecular flexibility index (Phi) is 1.47. The first-order valence-corrected chi connectivity index (χ1v) is 5.33. The van der Waals surface area contributed by atoms with E-state index in [1.165, 1.54) is 11.3 Å². The lowest BCUT2D eigenvalue weighted by Crippen LogP contribution is -2.19. The molecule has 1 unspecified atom stereocenters. The molecule has 4 nitrogen and oxygen atoms in total. The van der Waals surface area contributed by atoms with Crippen molar-refractivity contribution in [1.82, 2.24) is 9.55 Å². The predicted molar refractivity (Wildman–Crippen MR) is 54.0 cm³/mol. The minimum atomic E-state index is 0.00981. The molecule has 0 fully saturated rings. The summed E-state index contributed by atoms with van der Waals surface area (Å²) in [5.74, 6) is 0. The lowest BCUT2D eigenvalue weighted by Gasteiger charge is -1.98. The lowest BCUT2D eigenvalue weighted by molar-refractivity contribution is 0.246. The minimum Gasteiger partial charge on any atom is -0.460 e. The predicted octanol–water partition coefficient (Wildman–Crippen LogP) is 1.24. The van der Waals surface area contributed by atoms with Crippen molar-refractivity contribution in [2.45, 2.75) is 19.6 Å².